The molecule has 0 aliphatic heterocycles. The molecule has 0 aromatic heterocycles. The molecule has 162 valence electrons. The molecule has 0 heterocycles. The molecule has 0 fully saturated rings. The summed E-state index contributed by atoms with van der Waals surface area (Å²) in [7, 11) is 0. The highest BCUT2D eigenvalue weighted by molar-refractivity contribution is 5.98. The smallest absolute Gasteiger partial charge is 0.251 e. The first-order valence-corrected chi connectivity index (χ1v) is 10.3. The second-order valence-electron chi connectivity index (χ2n) is 6.84. The Morgan fingerprint density at radius 3 is 2.47 bits per heavy atom. The molecule has 0 radical (unpaired) electrons. The molecule has 1 unspecified atom stereocenters. The number of benzene rings is 2. The SMILES string of the molecule is CCOCCOc1ccc(NCC(=O)Nc2cccc(C(=O)NC(C)CC)c2)cc1. The normalized spacial score (nSPS) is 11.4. The van der Waals surface area contributed by atoms with E-state index < -0.39 is 0 Å². The molecule has 0 saturated heterocycles. The Hall–Kier alpha value is -3.06. The highest BCUT2D eigenvalue weighted by Gasteiger charge is 2.10. The largest absolute Gasteiger partial charge is 0.491 e. The van der Waals surface area contributed by atoms with Gasteiger partial charge in [0.1, 0.15) is 12.4 Å². The number of carbonyl (C=O) groups excluding carboxylic acids is 2. The van der Waals surface area contributed by atoms with Gasteiger partial charge in [-0.3, -0.25) is 9.59 Å². The Balaban J connectivity index is 1.80. The van der Waals surface area contributed by atoms with E-state index in [1.54, 1.807) is 24.3 Å². The molecule has 2 aromatic carbocycles. The third kappa shape index (κ3) is 8.13. The van der Waals surface area contributed by atoms with E-state index in [2.05, 4.69) is 16.0 Å². The van der Waals surface area contributed by atoms with Gasteiger partial charge in [0.2, 0.25) is 5.91 Å². The Kier molecular flexibility index (Phi) is 9.67. The maximum atomic E-state index is 12.2. The van der Waals surface area contributed by atoms with Crippen LogP contribution in [0, 0.1) is 0 Å². The maximum Gasteiger partial charge on any atom is 0.251 e. The van der Waals surface area contributed by atoms with Crippen LogP contribution >= 0.6 is 0 Å². The van der Waals surface area contributed by atoms with Crippen molar-refractivity contribution < 1.29 is 19.1 Å². The van der Waals surface area contributed by atoms with E-state index in [0.29, 0.717) is 31.1 Å². The average Bonchev–Trinajstić information content (AvgIpc) is 2.76. The number of nitrogens with one attached hydrogen (secondary N) is 3. The van der Waals surface area contributed by atoms with E-state index in [-0.39, 0.29) is 24.4 Å². The number of carbonyl (C=O) groups is 2. The number of hydrogen-bond acceptors (Lipinski definition) is 5. The Morgan fingerprint density at radius 2 is 1.77 bits per heavy atom. The lowest BCUT2D eigenvalue weighted by Gasteiger charge is -2.13. The summed E-state index contributed by atoms with van der Waals surface area (Å²) in [5, 5.41) is 8.79. The summed E-state index contributed by atoms with van der Waals surface area (Å²) in [6.07, 6.45) is 0.855. The van der Waals surface area contributed by atoms with Gasteiger partial charge in [-0.2, -0.15) is 0 Å². The fourth-order valence-corrected chi connectivity index (χ4v) is 2.57. The predicted molar refractivity (Wildman–Crippen MR) is 119 cm³/mol. The Bertz CT molecular complexity index is 808. The zero-order chi connectivity index (χ0) is 21.8. The van der Waals surface area contributed by atoms with Crippen molar-refractivity contribution in [3.05, 3.63) is 54.1 Å². The molecule has 0 spiro atoms. The van der Waals surface area contributed by atoms with E-state index >= 15 is 0 Å². The molecule has 30 heavy (non-hydrogen) atoms. The van der Waals surface area contributed by atoms with Crippen LogP contribution in [-0.4, -0.2) is 44.2 Å². The van der Waals surface area contributed by atoms with Crippen LogP contribution in [0.25, 0.3) is 0 Å². The molecule has 2 aromatic rings. The average molecular weight is 414 g/mol. The van der Waals surface area contributed by atoms with Crippen LogP contribution in [0.4, 0.5) is 11.4 Å². The summed E-state index contributed by atoms with van der Waals surface area (Å²) in [4.78, 5) is 24.5. The highest BCUT2D eigenvalue weighted by atomic mass is 16.5. The lowest BCUT2D eigenvalue weighted by atomic mass is 10.1. The lowest BCUT2D eigenvalue weighted by molar-refractivity contribution is -0.114. The standard InChI is InChI=1S/C23H31N3O4/c1-4-17(3)25-23(28)18-7-6-8-20(15-18)26-22(27)16-24-19-9-11-21(12-10-19)30-14-13-29-5-2/h6-12,15,17,24H,4-5,13-14,16H2,1-3H3,(H,25,28)(H,26,27). The number of hydrogen-bond donors (Lipinski definition) is 3. The second kappa shape index (κ2) is 12.5. The van der Waals surface area contributed by atoms with E-state index in [9.17, 15) is 9.59 Å². The second-order valence-corrected chi connectivity index (χ2v) is 6.84. The van der Waals surface area contributed by atoms with Crippen molar-refractivity contribution in [1.82, 2.24) is 5.32 Å². The van der Waals surface area contributed by atoms with Crippen molar-refractivity contribution in [2.45, 2.75) is 33.2 Å². The highest BCUT2D eigenvalue weighted by Crippen LogP contribution is 2.16. The van der Waals surface area contributed by atoms with Crippen LogP contribution in [0.2, 0.25) is 0 Å². The molecule has 0 bridgehead atoms. The van der Waals surface area contributed by atoms with E-state index in [1.165, 1.54) is 0 Å². The van der Waals surface area contributed by atoms with Crippen molar-refractivity contribution in [3.8, 4) is 5.75 Å². The molecular weight excluding hydrogens is 382 g/mol. The van der Waals surface area contributed by atoms with Gasteiger partial charge in [-0.25, -0.2) is 0 Å². The van der Waals surface area contributed by atoms with Gasteiger partial charge in [-0.15, -0.1) is 0 Å². The molecule has 7 heteroatoms. The van der Waals surface area contributed by atoms with Crippen molar-refractivity contribution in [2.75, 3.05) is 37.0 Å². The first-order chi connectivity index (χ1) is 14.5. The summed E-state index contributed by atoms with van der Waals surface area (Å²) in [6, 6.07) is 14.4. The first kappa shape index (κ1) is 23.2. The Labute approximate surface area is 178 Å². The lowest BCUT2D eigenvalue weighted by Crippen LogP contribution is -2.32. The molecular formula is C23H31N3O4. The molecule has 2 amide bonds. The summed E-state index contributed by atoms with van der Waals surface area (Å²) in [5.74, 6) is 0.394. The van der Waals surface area contributed by atoms with E-state index in [4.69, 9.17) is 9.47 Å². The summed E-state index contributed by atoms with van der Waals surface area (Å²) in [5.41, 5.74) is 1.90. The molecule has 0 aliphatic carbocycles. The minimum atomic E-state index is -0.202. The van der Waals surface area contributed by atoms with Crippen LogP contribution in [0.15, 0.2) is 48.5 Å². The van der Waals surface area contributed by atoms with Gasteiger partial charge in [0.15, 0.2) is 0 Å². The van der Waals surface area contributed by atoms with Gasteiger partial charge in [0, 0.05) is 29.6 Å². The quantitative estimate of drug-likeness (QED) is 0.462. The van der Waals surface area contributed by atoms with Gasteiger partial charge < -0.3 is 25.4 Å². The number of anilines is 2. The minimum absolute atomic E-state index is 0.0985. The van der Waals surface area contributed by atoms with Gasteiger partial charge in [-0.1, -0.05) is 13.0 Å². The maximum absolute atomic E-state index is 12.2. The van der Waals surface area contributed by atoms with Gasteiger partial charge in [0.05, 0.1) is 13.2 Å². The van der Waals surface area contributed by atoms with Gasteiger partial charge >= 0.3 is 0 Å². The third-order valence-corrected chi connectivity index (χ3v) is 4.41. The predicted octanol–water partition coefficient (Wildman–Crippen LogP) is 3.68. The molecule has 0 saturated carbocycles. The molecule has 3 N–H and O–H groups in total. The summed E-state index contributed by atoms with van der Waals surface area (Å²) in [6.45, 7) is 7.73. The summed E-state index contributed by atoms with van der Waals surface area (Å²) >= 11 is 0. The van der Waals surface area contributed by atoms with Crippen LogP contribution in [0.5, 0.6) is 5.75 Å². The third-order valence-electron chi connectivity index (χ3n) is 4.41. The fourth-order valence-electron chi connectivity index (χ4n) is 2.57. The topological polar surface area (TPSA) is 88.7 Å². The summed E-state index contributed by atoms with van der Waals surface area (Å²) < 4.78 is 10.8. The van der Waals surface area contributed by atoms with Crippen molar-refractivity contribution in [2.24, 2.45) is 0 Å². The van der Waals surface area contributed by atoms with E-state index in [1.807, 2.05) is 45.0 Å². The zero-order valence-electron chi connectivity index (χ0n) is 17.9. The van der Waals surface area contributed by atoms with Crippen LogP contribution in [0.1, 0.15) is 37.6 Å². The minimum Gasteiger partial charge on any atom is -0.491 e. The number of amides is 2. The van der Waals surface area contributed by atoms with E-state index in [0.717, 1.165) is 17.9 Å². The van der Waals surface area contributed by atoms with Crippen LogP contribution < -0.4 is 20.7 Å². The van der Waals surface area contributed by atoms with Crippen LogP contribution in [0.3, 0.4) is 0 Å². The molecule has 1 atom stereocenters. The van der Waals surface area contributed by atoms with Crippen molar-refractivity contribution >= 4 is 23.2 Å². The fraction of sp³-hybridized carbons (Fsp3) is 0.391. The first-order valence-electron chi connectivity index (χ1n) is 10.3. The molecule has 2 rings (SSSR count). The zero-order valence-corrected chi connectivity index (χ0v) is 17.9. The van der Waals surface area contributed by atoms with Gasteiger partial charge in [0.25, 0.3) is 5.91 Å². The van der Waals surface area contributed by atoms with Crippen molar-refractivity contribution in [3.63, 3.8) is 0 Å². The molecule has 0 aliphatic rings. The van der Waals surface area contributed by atoms with Gasteiger partial charge in [-0.05, 0) is 62.7 Å². The number of rotatable bonds is 12. The number of ether oxygens (including phenoxy) is 2. The van der Waals surface area contributed by atoms with Crippen LogP contribution in [-0.2, 0) is 9.53 Å². The molecule has 7 nitrogen and oxygen atoms in total. The van der Waals surface area contributed by atoms with Crippen molar-refractivity contribution in [1.29, 1.82) is 0 Å². The Morgan fingerprint density at radius 1 is 1.00 bits per heavy atom. The monoisotopic (exact) mass is 413 g/mol.